The average Bonchev–Trinajstić information content (AvgIpc) is 3.42. The molecule has 3 aliphatic heterocycles. The summed E-state index contributed by atoms with van der Waals surface area (Å²) >= 11 is 1.42. The third-order valence-electron chi connectivity index (χ3n) is 6.03. The van der Waals surface area contributed by atoms with Crippen molar-refractivity contribution >= 4 is 23.3 Å². The van der Waals surface area contributed by atoms with E-state index in [4.69, 9.17) is 4.74 Å². The van der Waals surface area contributed by atoms with Crippen LogP contribution in [0.4, 0.5) is 0 Å². The summed E-state index contributed by atoms with van der Waals surface area (Å²) in [4.78, 5) is 29.7. The summed E-state index contributed by atoms with van der Waals surface area (Å²) in [5, 5.41) is 2.02. The maximum atomic E-state index is 13.3. The third kappa shape index (κ3) is 2.68. The summed E-state index contributed by atoms with van der Waals surface area (Å²) in [5.41, 5.74) is 1.03. The van der Waals surface area contributed by atoms with Crippen LogP contribution in [0.1, 0.15) is 47.6 Å². The standard InChI is InChI=1S/C20H21N3O3S/c24-18(14-4-2-1-3-5-14)22-10-8-20(9-11-22)19(25)23-16(6-7-17(23)26-20)15-12-21-27-13-15/h1-5,12-13,16-17H,6-11H2. The minimum atomic E-state index is -0.764. The van der Waals surface area contributed by atoms with Gasteiger partial charge in [-0.15, -0.1) is 0 Å². The molecular weight excluding hydrogens is 362 g/mol. The Morgan fingerprint density at radius 1 is 1.19 bits per heavy atom. The molecule has 6 nitrogen and oxygen atoms in total. The molecule has 2 unspecified atom stereocenters. The number of piperidine rings is 1. The van der Waals surface area contributed by atoms with Gasteiger partial charge in [0.15, 0.2) is 5.60 Å². The number of ether oxygens (including phenoxy) is 1. The lowest BCUT2D eigenvalue weighted by molar-refractivity contribution is -0.142. The van der Waals surface area contributed by atoms with Crippen molar-refractivity contribution in [3.63, 3.8) is 0 Å². The highest BCUT2D eigenvalue weighted by molar-refractivity contribution is 7.03. The minimum absolute atomic E-state index is 0.0265. The second-order valence-corrected chi connectivity index (χ2v) is 8.15. The molecular formula is C20H21N3O3S. The van der Waals surface area contributed by atoms with E-state index in [0.29, 0.717) is 31.5 Å². The van der Waals surface area contributed by atoms with Crippen LogP contribution in [-0.2, 0) is 9.53 Å². The lowest BCUT2D eigenvalue weighted by Crippen LogP contribution is -2.51. The first-order chi connectivity index (χ1) is 13.2. The van der Waals surface area contributed by atoms with Crippen LogP contribution in [-0.4, -0.2) is 50.9 Å². The first kappa shape index (κ1) is 16.9. The molecule has 3 aliphatic rings. The van der Waals surface area contributed by atoms with E-state index in [1.165, 1.54) is 11.5 Å². The molecule has 0 radical (unpaired) electrons. The molecule has 27 heavy (non-hydrogen) atoms. The Labute approximate surface area is 161 Å². The number of carbonyl (C=O) groups excluding carboxylic acids is 2. The largest absolute Gasteiger partial charge is 0.342 e. The van der Waals surface area contributed by atoms with E-state index in [1.54, 1.807) is 0 Å². The zero-order valence-corrected chi connectivity index (χ0v) is 15.7. The SMILES string of the molecule is O=C(c1ccccc1)N1CCC2(CC1)OC1CCC(c3cnsc3)N1C2=O. The van der Waals surface area contributed by atoms with Crippen molar-refractivity contribution in [1.29, 1.82) is 0 Å². The van der Waals surface area contributed by atoms with Crippen LogP contribution < -0.4 is 0 Å². The predicted octanol–water partition coefficient (Wildman–Crippen LogP) is 2.84. The molecule has 0 saturated carbocycles. The molecule has 140 valence electrons. The molecule has 0 bridgehead atoms. The Morgan fingerprint density at radius 2 is 1.96 bits per heavy atom. The lowest BCUT2D eigenvalue weighted by Gasteiger charge is -2.37. The second kappa shape index (κ2) is 6.42. The number of aromatic nitrogens is 1. The van der Waals surface area contributed by atoms with Gasteiger partial charge in [-0.1, -0.05) is 18.2 Å². The summed E-state index contributed by atoms with van der Waals surface area (Å²) in [5.74, 6) is 0.117. The van der Waals surface area contributed by atoms with E-state index < -0.39 is 5.60 Å². The average molecular weight is 383 g/mol. The van der Waals surface area contributed by atoms with Gasteiger partial charge >= 0.3 is 0 Å². The van der Waals surface area contributed by atoms with Crippen LogP contribution in [0.25, 0.3) is 0 Å². The predicted molar refractivity (Wildman–Crippen MR) is 100 cm³/mol. The molecule has 1 aromatic carbocycles. The Bertz CT molecular complexity index is 847. The summed E-state index contributed by atoms with van der Waals surface area (Å²) in [6, 6.07) is 9.38. The Hall–Kier alpha value is -2.25. The van der Waals surface area contributed by atoms with Crippen LogP contribution in [0.15, 0.2) is 41.9 Å². The Balaban J connectivity index is 1.30. The Kier molecular flexibility index (Phi) is 4.02. The molecule has 5 rings (SSSR count). The van der Waals surface area contributed by atoms with Gasteiger partial charge in [-0.05, 0) is 36.5 Å². The van der Waals surface area contributed by atoms with E-state index in [9.17, 15) is 9.59 Å². The lowest BCUT2D eigenvalue weighted by atomic mass is 9.89. The van der Waals surface area contributed by atoms with Crippen molar-refractivity contribution < 1.29 is 14.3 Å². The number of carbonyl (C=O) groups is 2. The van der Waals surface area contributed by atoms with Gasteiger partial charge in [-0.3, -0.25) is 9.59 Å². The molecule has 3 saturated heterocycles. The normalized spacial score (nSPS) is 26.6. The first-order valence-electron chi connectivity index (χ1n) is 9.42. The number of likely N-dealkylation sites (tertiary alicyclic amines) is 1. The molecule has 2 atom stereocenters. The highest BCUT2D eigenvalue weighted by Gasteiger charge is 2.58. The van der Waals surface area contributed by atoms with Crippen molar-refractivity contribution in [2.45, 2.75) is 43.6 Å². The molecule has 3 fully saturated rings. The fourth-order valence-electron chi connectivity index (χ4n) is 4.58. The number of nitrogens with zero attached hydrogens (tertiary/aromatic N) is 3. The maximum Gasteiger partial charge on any atom is 0.257 e. The van der Waals surface area contributed by atoms with Crippen molar-refractivity contribution in [1.82, 2.24) is 14.2 Å². The second-order valence-electron chi connectivity index (χ2n) is 7.49. The van der Waals surface area contributed by atoms with Crippen LogP contribution in [0.2, 0.25) is 0 Å². The van der Waals surface area contributed by atoms with Gasteiger partial charge in [-0.2, -0.15) is 0 Å². The smallest absolute Gasteiger partial charge is 0.257 e. The van der Waals surface area contributed by atoms with Gasteiger partial charge in [0.1, 0.15) is 6.23 Å². The summed E-state index contributed by atoms with van der Waals surface area (Å²) < 4.78 is 10.5. The number of benzene rings is 1. The molecule has 7 heteroatoms. The van der Waals surface area contributed by atoms with Crippen molar-refractivity contribution in [2.75, 3.05) is 13.1 Å². The van der Waals surface area contributed by atoms with Crippen molar-refractivity contribution in [2.24, 2.45) is 0 Å². The van der Waals surface area contributed by atoms with Gasteiger partial charge < -0.3 is 14.5 Å². The zero-order valence-electron chi connectivity index (χ0n) is 14.9. The molecule has 0 N–H and O–H groups in total. The summed E-state index contributed by atoms with van der Waals surface area (Å²) in [6.07, 6.45) is 4.62. The van der Waals surface area contributed by atoms with Crippen molar-refractivity contribution in [3.05, 3.63) is 53.0 Å². The number of fused-ring (bicyclic) bond motifs is 1. The van der Waals surface area contributed by atoms with Crippen molar-refractivity contribution in [3.8, 4) is 0 Å². The van der Waals surface area contributed by atoms with Gasteiger partial charge in [0.25, 0.3) is 11.8 Å². The Morgan fingerprint density at radius 3 is 2.67 bits per heavy atom. The third-order valence-corrected chi connectivity index (χ3v) is 6.64. The molecule has 2 amide bonds. The fourth-order valence-corrected chi connectivity index (χ4v) is 5.17. The topological polar surface area (TPSA) is 62.7 Å². The molecule has 1 aromatic heterocycles. The highest BCUT2D eigenvalue weighted by atomic mass is 32.1. The minimum Gasteiger partial charge on any atom is -0.342 e. The van der Waals surface area contributed by atoms with Gasteiger partial charge in [-0.25, -0.2) is 4.37 Å². The van der Waals surface area contributed by atoms with Gasteiger partial charge in [0.2, 0.25) is 0 Å². The first-order valence-corrected chi connectivity index (χ1v) is 10.3. The van der Waals surface area contributed by atoms with Crippen LogP contribution in [0.3, 0.4) is 0 Å². The van der Waals surface area contributed by atoms with E-state index in [-0.39, 0.29) is 24.1 Å². The van der Waals surface area contributed by atoms with Crippen LogP contribution in [0, 0.1) is 0 Å². The van der Waals surface area contributed by atoms with E-state index in [1.807, 2.05) is 51.7 Å². The number of rotatable bonds is 2. The number of hydrogen-bond donors (Lipinski definition) is 0. The van der Waals surface area contributed by atoms with E-state index in [0.717, 1.165) is 18.4 Å². The maximum absolute atomic E-state index is 13.3. The fraction of sp³-hybridized carbons (Fsp3) is 0.450. The quantitative estimate of drug-likeness (QED) is 0.800. The van der Waals surface area contributed by atoms with Crippen LogP contribution in [0.5, 0.6) is 0 Å². The van der Waals surface area contributed by atoms with Gasteiger partial charge in [0.05, 0.1) is 6.04 Å². The summed E-state index contributed by atoms with van der Waals surface area (Å²) in [6.45, 7) is 1.09. The zero-order chi connectivity index (χ0) is 18.4. The van der Waals surface area contributed by atoms with E-state index in [2.05, 4.69) is 4.37 Å². The van der Waals surface area contributed by atoms with Crippen LogP contribution >= 0.6 is 11.5 Å². The molecule has 2 aromatic rings. The monoisotopic (exact) mass is 383 g/mol. The summed E-state index contributed by atoms with van der Waals surface area (Å²) in [7, 11) is 0. The number of hydrogen-bond acceptors (Lipinski definition) is 5. The van der Waals surface area contributed by atoms with E-state index >= 15 is 0 Å². The molecule has 4 heterocycles. The molecule has 0 aliphatic carbocycles. The molecule has 1 spiro atoms. The highest BCUT2D eigenvalue weighted by Crippen LogP contribution is 2.47. The number of amides is 2. The van der Waals surface area contributed by atoms with Gasteiger partial charge in [0, 0.05) is 48.6 Å².